The zero-order valence-electron chi connectivity index (χ0n) is 15.2. The lowest BCUT2D eigenvalue weighted by atomic mass is 10.1. The highest BCUT2D eigenvalue weighted by molar-refractivity contribution is 5.51. The second-order valence-electron chi connectivity index (χ2n) is 7.15. The maximum absolute atomic E-state index is 5.86. The summed E-state index contributed by atoms with van der Waals surface area (Å²) >= 11 is 0. The number of hydrogen-bond donors (Lipinski definition) is 2. The van der Waals surface area contributed by atoms with Crippen LogP contribution < -0.4 is 9.80 Å². The first-order valence-electron chi connectivity index (χ1n) is 9.37. The van der Waals surface area contributed by atoms with Gasteiger partial charge in [-0.3, -0.25) is 0 Å². The summed E-state index contributed by atoms with van der Waals surface area (Å²) in [6.07, 6.45) is 0. The normalized spacial score (nSPS) is 20.2. The quantitative estimate of drug-likeness (QED) is 0.706. The van der Waals surface area contributed by atoms with Gasteiger partial charge in [0.2, 0.25) is 5.89 Å². The molecule has 5 heteroatoms. The Morgan fingerprint density at radius 1 is 0.808 bits per heavy atom. The summed E-state index contributed by atoms with van der Waals surface area (Å²) in [7, 11) is 0. The van der Waals surface area contributed by atoms with Crippen LogP contribution in [0.15, 0.2) is 59.0 Å². The highest BCUT2D eigenvalue weighted by Crippen LogP contribution is 2.16. The highest BCUT2D eigenvalue weighted by Gasteiger charge is 2.25. The molecule has 5 nitrogen and oxygen atoms in total. The molecule has 0 saturated carbocycles. The van der Waals surface area contributed by atoms with Crippen LogP contribution in [0.3, 0.4) is 0 Å². The average Bonchev–Trinajstić information content (AvgIpc) is 3.14. The summed E-state index contributed by atoms with van der Waals surface area (Å²) in [5, 5.41) is 8.44. The lowest BCUT2D eigenvalue weighted by Gasteiger charge is -2.29. The van der Waals surface area contributed by atoms with Crippen molar-refractivity contribution in [1.29, 1.82) is 0 Å². The van der Waals surface area contributed by atoms with Gasteiger partial charge in [0.05, 0.1) is 0 Å². The van der Waals surface area contributed by atoms with Crippen molar-refractivity contribution in [3.63, 3.8) is 0 Å². The summed E-state index contributed by atoms with van der Waals surface area (Å²) in [5.74, 6) is 1.35. The first-order valence-corrected chi connectivity index (χ1v) is 9.37. The number of piperazine rings is 1. The fraction of sp³-hybridized carbons (Fsp3) is 0.333. The lowest BCUT2D eigenvalue weighted by molar-refractivity contribution is -1.02. The van der Waals surface area contributed by atoms with Crippen LogP contribution in [-0.4, -0.2) is 36.4 Å². The molecule has 0 unspecified atom stereocenters. The summed E-state index contributed by atoms with van der Waals surface area (Å²) in [4.78, 5) is 3.19. The Hall–Kier alpha value is -2.50. The van der Waals surface area contributed by atoms with Gasteiger partial charge in [-0.2, -0.15) is 0 Å². The number of rotatable bonds is 5. The number of aryl methyl sites for hydroxylation is 1. The van der Waals surface area contributed by atoms with Crippen LogP contribution in [0, 0.1) is 6.92 Å². The van der Waals surface area contributed by atoms with Gasteiger partial charge in [-0.05, 0) is 24.6 Å². The summed E-state index contributed by atoms with van der Waals surface area (Å²) in [6, 6.07) is 18.7. The monoisotopic (exact) mass is 350 g/mol. The van der Waals surface area contributed by atoms with E-state index in [-0.39, 0.29) is 0 Å². The van der Waals surface area contributed by atoms with Crippen LogP contribution in [0.2, 0.25) is 0 Å². The van der Waals surface area contributed by atoms with Crippen LogP contribution in [-0.2, 0) is 13.1 Å². The molecule has 0 spiro atoms. The van der Waals surface area contributed by atoms with Crippen molar-refractivity contribution in [2.24, 2.45) is 0 Å². The van der Waals surface area contributed by atoms with Crippen LogP contribution in [0.25, 0.3) is 11.5 Å². The molecule has 1 aliphatic rings. The molecule has 1 saturated heterocycles. The van der Waals surface area contributed by atoms with Crippen LogP contribution >= 0.6 is 0 Å². The van der Waals surface area contributed by atoms with Gasteiger partial charge in [-0.1, -0.05) is 42.5 Å². The molecule has 1 fully saturated rings. The maximum atomic E-state index is 5.86. The Kier molecular flexibility index (Phi) is 5.09. The molecule has 0 aliphatic carbocycles. The van der Waals surface area contributed by atoms with Gasteiger partial charge in [0.15, 0.2) is 6.54 Å². The van der Waals surface area contributed by atoms with Gasteiger partial charge in [-0.25, -0.2) is 0 Å². The van der Waals surface area contributed by atoms with E-state index >= 15 is 0 Å². The molecule has 1 aromatic heterocycles. The third-order valence-corrected chi connectivity index (χ3v) is 5.25. The van der Waals surface area contributed by atoms with E-state index in [4.69, 9.17) is 4.42 Å². The van der Waals surface area contributed by atoms with Gasteiger partial charge < -0.3 is 14.2 Å². The second kappa shape index (κ2) is 7.81. The van der Waals surface area contributed by atoms with Gasteiger partial charge in [-0.15, -0.1) is 10.2 Å². The number of nitrogens with one attached hydrogen (secondary N) is 2. The molecular formula is C21H26N4O+2. The van der Waals surface area contributed by atoms with E-state index in [0.717, 1.165) is 37.6 Å². The zero-order valence-corrected chi connectivity index (χ0v) is 15.2. The van der Waals surface area contributed by atoms with Gasteiger partial charge in [0, 0.05) is 11.1 Å². The van der Waals surface area contributed by atoms with Gasteiger partial charge >= 0.3 is 0 Å². The Labute approximate surface area is 154 Å². The molecule has 0 radical (unpaired) electrons. The summed E-state index contributed by atoms with van der Waals surface area (Å²) in [6.45, 7) is 8.80. The van der Waals surface area contributed by atoms with Crippen molar-refractivity contribution < 1.29 is 14.2 Å². The summed E-state index contributed by atoms with van der Waals surface area (Å²) < 4.78 is 5.86. The fourth-order valence-corrected chi connectivity index (χ4v) is 3.62. The predicted octanol–water partition coefficient (Wildman–Crippen LogP) is 0.529. The number of nitrogens with zero attached hydrogens (tertiary/aromatic N) is 2. The van der Waals surface area contributed by atoms with Crippen LogP contribution in [0.1, 0.15) is 17.0 Å². The van der Waals surface area contributed by atoms with E-state index in [1.807, 2.05) is 30.3 Å². The number of aromatic nitrogens is 2. The minimum absolute atomic E-state index is 0.615. The largest absolute Gasteiger partial charge is 0.415 e. The molecule has 2 heterocycles. The van der Waals surface area contributed by atoms with Crippen molar-refractivity contribution in [3.8, 4) is 11.5 Å². The predicted molar refractivity (Wildman–Crippen MR) is 99.7 cm³/mol. The van der Waals surface area contributed by atoms with E-state index < -0.39 is 0 Å². The molecule has 0 bridgehead atoms. The third-order valence-electron chi connectivity index (χ3n) is 5.25. The Morgan fingerprint density at radius 3 is 2.19 bits per heavy atom. The Bertz CT molecular complexity index is 838. The third kappa shape index (κ3) is 4.00. The second-order valence-corrected chi connectivity index (χ2v) is 7.15. The molecule has 4 rings (SSSR count). The molecule has 3 aromatic rings. The highest BCUT2D eigenvalue weighted by atomic mass is 16.4. The van der Waals surface area contributed by atoms with Gasteiger partial charge in [0.1, 0.15) is 32.7 Å². The minimum Gasteiger partial charge on any atom is -0.415 e. The molecule has 26 heavy (non-hydrogen) atoms. The van der Waals surface area contributed by atoms with E-state index in [2.05, 4.69) is 41.4 Å². The molecule has 1 aliphatic heterocycles. The molecule has 2 aromatic carbocycles. The Balaban J connectivity index is 1.30. The topological polar surface area (TPSA) is 47.8 Å². The Morgan fingerprint density at radius 2 is 1.46 bits per heavy atom. The van der Waals surface area contributed by atoms with E-state index in [0.29, 0.717) is 5.89 Å². The molecule has 0 atom stereocenters. The van der Waals surface area contributed by atoms with Crippen molar-refractivity contribution in [1.82, 2.24) is 10.2 Å². The van der Waals surface area contributed by atoms with Crippen molar-refractivity contribution in [2.45, 2.75) is 20.0 Å². The van der Waals surface area contributed by atoms with Crippen LogP contribution in [0.4, 0.5) is 0 Å². The van der Waals surface area contributed by atoms with Crippen LogP contribution in [0.5, 0.6) is 0 Å². The summed E-state index contributed by atoms with van der Waals surface area (Å²) in [5.41, 5.74) is 3.85. The van der Waals surface area contributed by atoms with Crippen molar-refractivity contribution in [2.75, 3.05) is 26.2 Å². The van der Waals surface area contributed by atoms with E-state index in [1.54, 1.807) is 4.90 Å². The number of benzene rings is 2. The van der Waals surface area contributed by atoms with Gasteiger partial charge in [0.25, 0.3) is 5.89 Å². The number of hydrogen-bond acceptors (Lipinski definition) is 3. The van der Waals surface area contributed by atoms with Crippen molar-refractivity contribution in [3.05, 3.63) is 71.6 Å². The molecular weight excluding hydrogens is 324 g/mol. The maximum Gasteiger partial charge on any atom is 0.271 e. The molecule has 134 valence electrons. The fourth-order valence-electron chi connectivity index (χ4n) is 3.62. The molecule has 0 amide bonds. The minimum atomic E-state index is 0.615. The molecule has 2 N–H and O–H groups in total. The first kappa shape index (κ1) is 16.9. The standard InChI is InChI=1S/C21H24N4O/c1-17-7-5-6-10-19(17)15-24-11-13-25(14-12-24)16-20-22-23-21(26-20)18-8-3-2-4-9-18/h2-10H,11-16H2,1H3/p+2. The zero-order chi connectivity index (χ0) is 17.8. The van der Waals surface area contributed by atoms with E-state index in [1.165, 1.54) is 29.1 Å². The first-order chi connectivity index (χ1) is 12.8. The smallest absolute Gasteiger partial charge is 0.271 e. The van der Waals surface area contributed by atoms with Crippen molar-refractivity contribution >= 4 is 0 Å². The lowest BCUT2D eigenvalue weighted by Crippen LogP contribution is -3.27. The number of quaternary nitrogens is 2. The average molecular weight is 350 g/mol. The SMILES string of the molecule is Cc1ccccc1C[NH+]1CC[NH+](Cc2nnc(-c3ccccc3)o2)CC1. The van der Waals surface area contributed by atoms with E-state index in [9.17, 15) is 0 Å².